The number of nitrogens with zero attached hydrogens (tertiary/aromatic N) is 2. The lowest BCUT2D eigenvalue weighted by molar-refractivity contribution is -0.114. The van der Waals surface area contributed by atoms with E-state index in [1.807, 2.05) is 0 Å². The Balaban J connectivity index is 1.64. The van der Waals surface area contributed by atoms with Crippen LogP contribution in [0, 0.1) is 0 Å². The number of carbonyl (C=O) groups is 2. The second-order valence-corrected chi connectivity index (χ2v) is 10.8. The van der Waals surface area contributed by atoms with Gasteiger partial charge in [-0.25, -0.2) is 8.42 Å². The quantitative estimate of drug-likeness (QED) is 0.461. The Bertz CT molecular complexity index is 1320. The van der Waals surface area contributed by atoms with E-state index in [0.29, 0.717) is 24.3 Å². The number of hydrogen-bond donors (Lipinski definition) is 1. The van der Waals surface area contributed by atoms with Crippen molar-refractivity contribution < 1.29 is 18.0 Å². The van der Waals surface area contributed by atoms with Crippen LogP contribution >= 0.6 is 23.2 Å². The van der Waals surface area contributed by atoms with Gasteiger partial charge in [0.2, 0.25) is 5.91 Å². The van der Waals surface area contributed by atoms with Crippen molar-refractivity contribution in [3.05, 3.63) is 88.4 Å². The number of likely N-dealkylation sites (tertiary alicyclic amines) is 1. The lowest BCUT2D eigenvalue weighted by Crippen LogP contribution is -2.38. The molecule has 0 bridgehead atoms. The van der Waals surface area contributed by atoms with Crippen LogP contribution in [0.15, 0.2) is 77.7 Å². The molecule has 2 amide bonds. The van der Waals surface area contributed by atoms with Gasteiger partial charge in [-0.3, -0.25) is 13.9 Å². The van der Waals surface area contributed by atoms with Gasteiger partial charge in [0.05, 0.1) is 21.8 Å². The molecule has 1 heterocycles. The van der Waals surface area contributed by atoms with Gasteiger partial charge in [0, 0.05) is 23.1 Å². The Morgan fingerprint density at radius 2 is 1.49 bits per heavy atom. The van der Waals surface area contributed by atoms with E-state index in [9.17, 15) is 18.0 Å². The van der Waals surface area contributed by atoms with Crippen molar-refractivity contribution in [2.45, 2.75) is 17.7 Å². The molecule has 35 heavy (non-hydrogen) atoms. The molecule has 0 aromatic heterocycles. The van der Waals surface area contributed by atoms with Gasteiger partial charge in [-0.1, -0.05) is 53.5 Å². The van der Waals surface area contributed by atoms with Crippen LogP contribution < -0.4 is 9.62 Å². The molecule has 7 nitrogen and oxygen atoms in total. The highest BCUT2D eigenvalue weighted by molar-refractivity contribution is 7.92. The number of rotatable bonds is 7. The van der Waals surface area contributed by atoms with E-state index in [4.69, 9.17) is 23.2 Å². The van der Waals surface area contributed by atoms with Gasteiger partial charge in [-0.2, -0.15) is 0 Å². The number of sulfonamides is 1. The Morgan fingerprint density at radius 1 is 0.886 bits per heavy atom. The summed E-state index contributed by atoms with van der Waals surface area (Å²) in [4.78, 5) is 27.8. The smallest absolute Gasteiger partial charge is 0.264 e. The normalized spacial score (nSPS) is 13.5. The molecule has 0 aliphatic carbocycles. The third-order valence-electron chi connectivity index (χ3n) is 5.58. The molecule has 0 spiro atoms. The molecule has 4 rings (SSSR count). The first kappa shape index (κ1) is 25.0. The number of carbonyl (C=O) groups excluding carboxylic acids is 2. The van der Waals surface area contributed by atoms with E-state index in [1.54, 1.807) is 47.4 Å². The fourth-order valence-electron chi connectivity index (χ4n) is 3.91. The zero-order valence-electron chi connectivity index (χ0n) is 18.7. The van der Waals surface area contributed by atoms with E-state index in [-0.39, 0.29) is 26.5 Å². The average Bonchev–Trinajstić information content (AvgIpc) is 3.37. The van der Waals surface area contributed by atoms with Crippen LogP contribution in [0.25, 0.3) is 0 Å². The number of nitrogens with one attached hydrogen (secondary N) is 1. The van der Waals surface area contributed by atoms with E-state index in [2.05, 4.69) is 5.32 Å². The Labute approximate surface area is 214 Å². The fraction of sp³-hybridized carbons (Fsp3) is 0.200. The van der Waals surface area contributed by atoms with E-state index in [0.717, 1.165) is 17.1 Å². The van der Waals surface area contributed by atoms with Crippen LogP contribution in [0.3, 0.4) is 0 Å². The second kappa shape index (κ2) is 10.7. The standard InChI is InChI=1S/C25H23Cl2N3O4S/c26-18-14-19(27)16-20(15-18)30(35(33,34)21-8-2-1-3-9-21)17-24(31)28-23-11-5-4-10-22(23)25(32)29-12-6-7-13-29/h1-5,8-11,14-16H,6-7,12-13,17H2,(H,28,31). The second-order valence-electron chi connectivity index (χ2n) is 8.05. The van der Waals surface area contributed by atoms with Crippen LogP contribution in [0.1, 0.15) is 23.2 Å². The molecule has 182 valence electrons. The van der Waals surface area contributed by atoms with Gasteiger partial charge in [-0.15, -0.1) is 0 Å². The summed E-state index contributed by atoms with van der Waals surface area (Å²) < 4.78 is 27.9. The zero-order chi connectivity index (χ0) is 25.0. The third kappa shape index (κ3) is 5.78. The van der Waals surface area contributed by atoms with Crippen LogP contribution in [0.4, 0.5) is 11.4 Å². The highest BCUT2D eigenvalue weighted by atomic mass is 35.5. The summed E-state index contributed by atoms with van der Waals surface area (Å²) in [6.07, 6.45) is 1.88. The molecule has 0 radical (unpaired) electrons. The summed E-state index contributed by atoms with van der Waals surface area (Å²) in [7, 11) is -4.13. The van der Waals surface area contributed by atoms with Gasteiger partial charge >= 0.3 is 0 Å². The molecule has 0 unspecified atom stereocenters. The number of hydrogen-bond acceptors (Lipinski definition) is 4. The van der Waals surface area contributed by atoms with Crippen molar-refractivity contribution in [1.29, 1.82) is 0 Å². The average molecular weight is 532 g/mol. The summed E-state index contributed by atoms with van der Waals surface area (Å²) in [6, 6.07) is 18.8. The highest BCUT2D eigenvalue weighted by Gasteiger charge is 2.29. The maximum atomic E-state index is 13.5. The van der Waals surface area contributed by atoms with E-state index in [1.165, 1.54) is 30.3 Å². The van der Waals surface area contributed by atoms with Crippen molar-refractivity contribution in [3.8, 4) is 0 Å². The predicted molar refractivity (Wildman–Crippen MR) is 138 cm³/mol. The largest absolute Gasteiger partial charge is 0.339 e. The van der Waals surface area contributed by atoms with Gasteiger partial charge in [0.15, 0.2) is 0 Å². The minimum Gasteiger partial charge on any atom is -0.339 e. The maximum Gasteiger partial charge on any atom is 0.264 e. The molecule has 10 heteroatoms. The lowest BCUT2D eigenvalue weighted by Gasteiger charge is -2.25. The summed E-state index contributed by atoms with van der Waals surface area (Å²) in [6.45, 7) is 0.777. The Hall–Kier alpha value is -3.07. The topological polar surface area (TPSA) is 86.8 Å². The summed E-state index contributed by atoms with van der Waals surface area (Å²) >= 11 is 12.3. The molecular formula is C25H23Cl2N3O4S. The van der Waals surface area contributed by atoms with Crippen LogP contribution in [0.5, 0.6) is 0 Å². The number of benzene rings is 3. The number of amides is 2. The van der Waals surface area contributed by atoms with Gasteiger partial charge in [-0.05, 0) is 55.3 Å². The lowest BCUT2D eigenvalue weighted by atomic mass is 10.1. The van der Waals surface area contributed by atoms with Crippen molar-refractivity contribution in [1.82, 2.24) is 4.90 Å². The first-order chi connectivity index (χ1) is 16.8. The first-order valence-electron chi connectivity index (χ1n) is 11.0. The third-order valence-corrected chi connectivity index (χ3v) is 7.80. The number of para-hydroxylation sites is 1. The summed E-state index contributed by atoms with van der Waals surface area (Å²) in [5.74, 6) is -0.795. The first-order valence-corrected chi connectivity index (χ1v) is 13.2. The molecule has 3 aromatic carbocycles. The fourth-order valence-corrected chi connectivity index (χ4v) is 5.85. The summed E-state index contributed by atoms with van der Waals surface area (Å²) in [5, 5.41) is 3.16. The molecule has 1 N–H and O–H groups in total. The van der Waals surface area contributed by atoms with Crippen molar-refractivity contribution in [2.75, 3.05) is 29.3 Å². The van der Waals surface area contributed by atoms with Gasteiger partial charge in [0.1, 0.15) is 6.54 Å². The monoisotopic (exact) mass is 531 g/mol. The minimum absolute atomic E-state index is 0.00788. The van der Waals surface area contributed by atoms with Crippen molar-refractivity contribution >= 4 is 56.4 Å². The van der Waals surface area contributed by atoms with Gasteiger partial charge < -0.3 is 10.2 Å². The minimum atomic E-state index is -4.13. The zero-order valence-corrected chi connectivity index (χ0v) is 21.0. The van der Waals surface area contributed by atoms with E-state index < -0.39 is 22.5 Å². The SMILES string of the molecule is O=C(CN(c1cc(Cl)cc(Cl)c1)S(=O)(=O)c1ccccc1)Nc1ccccc1C(=O)N1CCCC1. The van der Waals surface area contributed by atoms with Crippen LogP contribution in [0.2, 0.25) is 10.0 Å². The molecule has 1 saturated heterocycles. The van der Waals surface area contributed by atoms with E-state index >= 15 is 0 Å². The predicted octanol–water partition coefficient (Wildman–Crippen LogP) is 5.06. The van der Waals surface area contributed by atoms with Crippen molar-refractivity contribution in [2.24, 2.45) is 0 Å². The molecular weight excluding hydrogens is 509 g/mol. The molecule has 1 fully saturated rings. The van der Waals surface area contributed by atoms with Crippen LogP contribution in [-0.2, 0) is 14.8 Å². The molecule has 1 aliphatic rings. The molecule has 3 aromatic rings. The highest BCUT2D eigenvalue weighted by Crippen LogP contribution is 2.30. The molecule has 0 saturated carbocycles. The summed E-state index contributed by atoms with van der Waals surface area (Å²) in [5.41, 5.74) is 0.810. The maximum absolute atomic E-state index is 13.5. The van der Waals surface area contributed by atoms with Crippen molar-refractivity contribution in [3.63, 3.8) is 0 Å². The molecule has 1 aliphatic heterocycles. The van der Waals surface area contributed by atoms with Crippen LogP contribution in [-0.4, -0.2) is 44.8 Å². The number of halogens is 2. The van der Waals surface area contributed by atoms with Gasteiger partial charge in [0.25, 0.3) is 15.9 Å². The number of anilines is 2. The Morgan fingerprint density at radius 3 is 2.14 bits per heavy atom. The Kier molecular flexibility index (Phi) is 7.64. The molecule has 0 atom stereocenters.